The van der Waals surface area contributed by atoms with E-state index in [4.69, 9.17) is 0 Å². The van der Waals surface area contributed by atoms with Gasteiger partial charge in [-0.15, -0.1) is 0 Å². The average Bonchev–Trinajstić information content (AvgIpc) is 2.01. The Morgan fingerprint density at radius 3 is 2.43 bits per heavy atom. The zero-order valence-corrected chi connectivity index (χ0v) is 9.50. The van der Waals surface area contributed by atoms with E-state index >= 15 is 0 Å². The van der Waals surface area contributed by atoms with E-state index in [-0.39, 0.29) is 0 Å². The molecule has 14 heavy (non-hydrogen) atoms. The molecule has 0 aromatic heterocycles. The molecule has 0 saturated heterocycles. The molecule has 3 nitrogen and oxygen atoms in total. The molecule has 0 spiro atoms. The maximum absolute atomic E-state index is 11.3. The summed E-state index contributed by atoms with van der Waals surface area (Å²) in [4.78, 5) is 2.39. The molecule has 0 atom stereocenters. The highest BCUT2D eigenvalue weighted by atomic mass is 32.2. The first-order valence-electron chi connectivity index (χ1n) is 4.33. The molecule has 78 valence electrons. The van der Waals surface area contributed by atoms with E-state index in [9.17, 15) is 8.42 Å². The van der Waals surface area contributed by atoms with Gasteiger partial charge >= 0.3 is 0 Å². The van der Waals surface area contributed by atoms with Gasteiger partial charge in [0.1, 0.15) is 0 Å². The maximum Gasteiger partial charge on any atom is 0.175 e. The Morgan fingerprint density at radius 2 is 1.93 bits per heavy atom. The topological polar surface area (TPSA) is 37.4 Å². The third-order valence-corrected chi connectivity index (χ3v) is 2.94. The molecule has 0 aliphatic heterocycles. The molecule has 1 aromatic rings. The minimum atomic E-state index is -3.08. The predicted octanol–water partition coefficient (Wildman–Crippen LogP) is 1.15. The van der Waals surface area contributed by atoms with Crippen molar-refractivity contribution in [3.63, 3.8) is 0 Å². The Morgan fingerprint density at radius 1 is 1.29 bits per heavy atom. The smallest absolute Gasteiger partial charge is 0.175 e. The normalized spacial score (nSPS) is 12.0. The van der Waals surface area contributed by atoms with Crippen LogP contribution in [0.3, 0.4) is 0 Å². The maximum atomic E-state index is 11.3. The molecule has 0 aliphatic rings. The summed E-state index contributed by atoms with van der Waals surface area (Å²) in [7, 11) is 0.823. The van der Waals surface area contributed by atoms with Crippen LogP contribution in [0.15, 0.2) is 29.2 Å². The van der Waals surface area contributed by atoms with E-state index in [0.29, 0.717) is 4.90 Å². The summed E-state index contributed by atoms with van der Waals surface area (Å²) >= 11 is 0. The summed E-state index contributed by atoms with van der Waals surface area (Å²) in [6, 6.07) is 7.04. The summed E-state index contributed by atoms with van der Waals surface area (Å²) in [6.07, 6.45) is 1.22. The standard InChI is InChI=1S/C10H15NO2S/c1-11(2)8-9-5-4-6-10(7-9)14(3,12)13/h4-7H,8H2,1-3H3. The lowest BCUT2D eigenvalue weighted by Gasteiger charge is -2.10. The van der Waals surface area contributed by atoms with Crippen molar-refractivity contribution in [3.05, 3.63) is 29.8 Å². The molecule has 0 unspecified atom stereocenters. The molecule has 0 saturated carbocycles. The number of nitrogens with zero attached hydrogens (tertiary/aromatic N) is 1. The van der Waals surface area contributed by atoms with Gasteiger partial charge in [-0.2, -0.15) is 0 Å². The van der Waals surface area contributed by atoms with Gasteiger partial charge in [0, 0.05) is 12.8 Å². The Balaban J connectivity index is 3.02. The van der Waals surface area contributed by atoms with Crippen LogP contribution >= 0.6 is 0 Å². The molecule has 0 bridgehead atoms. The van der Waals surface area contributed by atoms with Crippen molar-refractivity contribution in [2.24, 2.45) is 0 Å². The lowest BCUT2D eigenvalue weighted by Crippen LogP contribution is -2.11. The Kier molecular flexibility index (Phi) is 3.29. The van der Waals surface area contributed by atoms with Crippen molar-refractivity contribution in [3.8, 4) is 0 Å². The van der Waals surface area contributed by atoms with Gasteiger partial charge in [0.2, 0.25) is 0 Å². The lowest BCUT2D eigenvalue weighted by molar-refractivity contribution is 0.402. The van der Waals surface area contributed by atoms with Gasteiger partial charge in [-0.3, -0.25) is 0 Å². The predicted molar refractivity (Wildman–Crippen MR) is 56.9 cm³/mol. The van der Waals surface area contributed by atoms with E-state index in [2.05, 4.69) is 0 Å². The Bertz CT molecular complexity index is 410. The molecule has 0 N–H and O–H groups in total. The average molecular weight is 213 g/mol. The van der Waals surface area contributed by atoms with Crippen LogP contribution in [-0.2, 0) is 16.4 Å². The SMILES string of the molecule is CN(C)Cc1cccc(S(C)(=O)=O)c1. The molecule has 1 rings (SSSR count). The Labute approximate surface area is 85.3 Å². The van der Waals surface area contributed by atoms with E-state index < -0.39 is 9.84 Å². The van der Waals surface area contributed by atoms with Gasteiger partial charge in [0.15, 0.2) is 9.84 Å². The van der Waals surface area contributed by atoms with Crippen LogP contribution in [-0.4, -0.2) is 33.7 Å². The summed E-state index contributed by atoms with van der Waals surface area (Å²) in [5.41, 5.74) is 1.01. The van der Waals surface area contributed by atoms with Crippen molar-refractivity contribution >= 4 is 9.84 Å². The van der Waals surface area contributed by atoms with Crippen molar-refractivity contribution in [2.75, 3.05) is 20.4 Å². The van der Waals surface area contributed by atoms with Crippen molar-refractivity contribution in [1.29, 1.82) is 0 Å². The summed E-state index contributed by atoms with van der Waals surface area (Å²) in [6.45, 7) is 0.753. The molecule has 0 amide bonds. The molecule has 0 heterocycles. The Hall–Kier alpha value is -0.870. The summed E-state index contributed by atoms with van der Waals surface area (Å²) in [5, 5.41) is 0. The van der Waals surface area contributed by atoms with Gasteiger partial charge < -0.3 is 4.90 Å². The fourth-order valence-electron chi connectivity index (χ4n) is 1.24. The molecular formula is C10H15NO2S. The van der Waals surface area contributed by atoms with E-state index in [1.165, 1.54) is 6.26 Å². The van der Waals surface area contributed by atoms with Crippen LogP contribution in [0.2, 0.25) is 0 Å². The summed E-state index contributed by atoms with van der Waals surface area (Å²) in [5.74, 6) is 0. The van der Waals surface area contributed by atoms with Gasteiger partial charge in [-0.1, -0.05) is 12.1 Å². The second-order valence-electron chi connectivity index (χ2n) is 3.66. The second-order valence-corrected chi connectivity index (χ2v) is 5.67. The zero-order valence-electron chi connectivity index (χ0n) is 8.69. The number of hydrogen-bond donors (Lipinski definition) is 0. The highest BCUT2D eigenvalue weighted by Gasteiger charge is 2.07. The first-order valence-corrected chi connectivity index (χ1v) is 6.22. The summed E-state index contributed by atoms with van der Waals surface area (Å²) < 4.78 is 22.5. The third-order valence-electron chi connectivity index (χ3n) is 1.83. The minimum Gasteiger partial charge on any atom is -0.305 e. The fraction of sp³-hybridized carbons (Fsp3) is 0.400. The molecule has 0 fully saturated rings. The molecule has 0 radical (unpaired) electrons. The highest BCUT2D eigenvalue weighted by Crippen LogP contribution is 2.11. The zero-order chi connectivity index (χ0) is 10.8. The van der Waals surface area contributed by atoms with Crippen LogP contribution in [0.5, 0.6) is 0 Å². The second kappa shape index (κ2) is 4.11. The number of hydrogen-bond acceptors (Lipinski definition) is 3. The van der Waals surface area contributed by atoms with Crippen LogP contribution in [0.25, 0.3) is 0 Å². The molecular weight excluding hydrogens is 198 g/mol. The van der Waals surface area contributed by atoms with E-state index in [1.54, 1.807) is 18.2 Å². The van der Waals surface area contributed by atoms with Gasteiger partial charge in [-0.05, 0) is 31.8 Å². The van der Waals surface area contributed by atoms with Crippen LogP contribution in [0.1, 0.15) is 5.56 Å². The van der Waals surface area contributed by atoms with Gasteiger partial charge in [0.05, 0.1) is 4.90 Å². The van der Waals surface area contributed by atoms with Gasteiger partial charge in [0.25, 0.3) is 0 Å². The first-order chi connectivity index (χ1) is 6.39. The number of rotatable bonds is 3. The molecule has 0 aliphatic carbocycles. The largest absolute Gasteiger partial charge is 0.305 e. The third kappa shape index (κ3) is 3.12. The highest BCUT2D eigenvalue weighted by molar-refractivity contribution is 7.90. The number of benzene rings is 1. The molecule has 1 aromatic carbocycles. The first kappa shape index (κ1) is 11.2. The van der Waals surface area contributed by atoms with E-state index in [0.717, 1.165) is 12.1 Å². The van der Waals surface area contributed by atoms with Crippen LogP contribution < -0.4 is 0 Å². The minimum absolute atomic E-state index is 0.386. The van der Waals surface area contributed by atoms with Crippen molar-refractivity contribution in [1.82, 2.24) is 4.90 Å². The fourth-order valence-corrected chi connectivity index (χ4v) is 1.93. The lowest BCUT2D eigenvalue weighted by atomic mass is 10.2. The quantitative estimate of drug-likeness (QED) is 0.756. The number of sulfone groups is 1. The molecule has 4 heteroatoms. The van der Waals surface area contributed by atoms with Crippen LogP contribution in [0, 0.1) is 0 Å². The van der Waals surface area contributed by atoms with Crippen LogP contribution in [0.4, 0.5) is 0 Å². The van der Waals surface area contributed by atoms with Gasteiger partial charge in [-0.25, -0.2) is 8.42 Å². The van der Waals surface area contributed by atoms with Crippen molar-refractivity contribution in [2.45, 2.75) is 11.4 Å². The van der Waals surface area contributed by atoms with Crippen molar-refractivity contribution < 1.29 is 8.42 Å². The monoisotopic (exact) mass is 213 g/mol. The van der Waals surface area contributed by atoms with E-state index in [1.807, 2.05) is 25.1 Å².